The Morgan fingerprint density at radius 2 is 2.06 bits per heavy atom. The lowest BCUT2D eigenvalue weighted by Crippen LogP contribution is -2.33. The molecule has 0 saturated carbocycles. The van der Waals surface area contributed by atoms with Gasteiger partial charge in [-0.1, -0.05) is 13.8 Å². The topological polar surface area (TPSA) is 62.2 Å². The Bertz CT molecular complexity index is 349. The highest BCUT2D eigenvalue weighted by molar-refractivity contribution is 5.67. The van der Waals surface area contributed by atoms with Crippen LogP contribution in [0.25, 0.3) is 0 Å². The SMILES string of the molecule is CNC(c1ccncc1)C(C)(C)CC(=O)O. The minimum Gasteiger partial charge on any atom is -0.481 e. The maximum Gasteiger partial charge on any atom is 0.303 e. The van der Waals surface area contributed by atoms with Gasteiger partial charge in [0.1, 0.15) is 0 Å². The maximum absolute atomic E-state index is 10.8. The van der Waals surface area contributed by atoms with Crippen LogP contribution >= 0.6 is 0 Å². The predicted molar refractivity (Wildman–Crippen MR) is 62.1 cm³/mol. The Labute approximate surface area is 95.7 Å². The van der Waals surface area contributed by atoms with Crippen molar-refractivity contribution in [3.05, 3.63) is 30.1 Å². The number of hydrogen-bond acceptors (Lipinski definition) is 3. The van der Waals surface area contributed by atoms with Crippen LogP contribution in [0.3, 0.4) is 0 Å². The van der Waals surface area contributed by atoms with E-state index in [2.05, 4.69) is 10.3 Å². The van der Waals surface area contributed by atoms with Crippen LogP contribution in [-0.4, -0.2) is 23.1 Å². The van der Waals surface area contributed by atoms with Gasteiger partial charge in [-0.05, 0) is 30.2 Å². The molecule has 0 aliphatic rings. The summed E-state index contributed by atoms with van der Waals surface area (Å²) in [7, 11) is 1.84. The molecule has 0 radical (unpaired) electrons. The van der Waals surface area contributed by atoms with E-state index in [1.165, 1.54) is 0 Å². The molecular formula is C12H18N2O2. The van der Waals surface area contributed by atoms with E-state index < -0.39 is 5.97 Å². The lowest BCUT2D eigenvalue weighted by Gasteiger charge is -2.33. The van der Waals surface area contributed by atoms with Crippen LogP contribution in [0.2, 0.25) is 0 Å². The summed E-state index contributed by atoms with van der Waals surface area (Å²) in [5.74, 6) is -0.778. The van der Waals surface area contributed by atoms with Gasteiger partial charge in [0.2, 0.25) is 0 Å². The molecule has 0 bridgehead atoms. The van der Waals surface area contributed by atoms with Gasteiger partial charge in [0, 0.05) is 18.4 Å². The van der Waals surface area contributed by atoms with Gasteiger partial charge in [-0.25, -0.2) is 0 Å². The average Bonchev–Trinajstić information content (AvgIpc) is 2.17. The fourth-order valence-corrected chi connectivity index (χ4v) is 2.06. The van der Waals surface area contributed by atoms with Gasteiger partial charge in [-0.3, -0.25) is 9.78 Å². The van der Waals surface area contributed by atoms with Crippen molar-refractivity contribution in [3.8, 4) is 0 Å². The number of carbonyl (C=O) groups is 1. The second-order valence-corrected chi connectivity index (χ2v) is 4.56. The molecular weight excluding hydrogens is 204 g/mol. The van der Waals surface area contributed by atoms with Crippen molar-refractivity contribution in [2.75, 3.05) is 7.05 Å². The maximum atomic E-state index is 10.8. The predicted octanol–water partition coefficient (Wildman–Crippen LogP) is 1.84. The van der Waals surface area contributed by atoms with E-state index in [-0.39, 0.29) is 17.9 Å². The molecule has 2 N–H and O–H groups in total. The molecule has 1 heterocycles. The highest BCUT2D eigenvalue weighted by atomic mass is 16.4. The Balaban J connectivity index is 2.94. The summed E-state index contributed by atoms with van der Waals surface area (Å²) in [6.45, 7) is 3.89. The second kappa shape index (κ2) is 5.07. The number of carboxylic acid groups (broad SMARTS) is 1. The Hall–Kier alpha value is -1.42. The van der Waals surface area contributed by atoms with Gasteiger partial charge >= 0.3 is 5.97 Å². The molecule has 0 amide bonds. The number of nitrogens with zero attached hydrogens (tertiary/aromatic N) is 1. The van der Waals surface area contributed by atoms with E-state index in [1.807, 2.05) is 33.0 Å². The molecule has 4 heteroatoms. The van der Waals surface area contributed by atoms with Gasteiger partial charge < -0.3 is 10.4 Å². The highest BCUT2D eigenvalue weighted by Crippen LogP contribution is 2.35. The molecule has 1 atom stereocenters. The molecule has 0 aliphatic carbocycles. The third kappa shape index (κ3) is 3.03. The molecule has 4 nitrogen and oxygen atoms in total. The zero-order chi connectivity index (χ0) is 12.2. The number of aromatic nitrogens is 1. The molecule has 1 unspecified atom stereocenters. The zero-order valence-corrected chi connectivity index (χ0v) is 9.90. The molecule has 1 aromatic heterocycles. The molecule has 0 aromatic carbocycles. The third-order valence-electron chi connectivity index (χ3n) is 2.72. The average molecular weight is 222 g/mol. The number of pyridine rings is 1. The lowest BCUT2D eigenvalue weighted by atomic mass is 9.78. The van der Waals surface area contributed by atoms with Crippen LogP contribution in [-0.2, 0) is 4.79 Å². The zero-order valence-electron chi connectivity index (χ0n) is 9.90. The Morgan fingerprint density at radius 3 is 2.50 bits per heavy atom. The van der Waals surface area contributed by atoms with Crippen molar-refractivity contribution in [1.29, 1.82) is 0 Å². The number of rotatable bonds is 5. The molecule has 88 valence electrons. The first-order valence-electron chi connectivity index (χ1n) is 5.26. The van der Waals surface area contributed by atoms with Crippen molar-refractivity contribution >= 4 is 5.97 Å². The summed E-state index contributed by atoms with van der Waals surface area (Å²) in [4.78, 5) is 14.8. The first-order valence-corrected chi connectivity index (χ1v) is 5.26. The standard InChI is InChI=1S/C12H18N2O2/c1-12(2,8-10(15)16)11(13-3)9-4-6-14-7-5-9/h4-7,11,13H,8H2,1-3H3,(H,15,16). The van der Waals surface area contributed by atoms with Crippen molar-refractivity contribution in [2.45, 2.75) is 26.3 Å². The van der Waals surface area contributed by atoms with Crippen LogP contribution in [0.4, 0.5) is 0 Å². The van der Waals surface area contributed by atoms with Crippen molar-refractivity contribution in [3.63, 3.8) is 0 Å². The normalized spacial score (nSPS) is 13.4. The van der Waals surface area contributed by atoms with E-state index in [0.29, 0.717) is 0 Å². The van der Waals surface area contributed by atoms with Gasteiger partial charge in [0.25, 0.3) is 0 Å². The fraction of sp³-hybridized carbons (Fsp3) is 0.500. The summed E-state index contributed by atoms with van der Waals surface area (Å²) < 4.78 is 0. The molecule has 0 aliphatic heterocycles. The van der Waals surface area contributed by atoms with E-state index in [0.717, 1.165) is 5.56 Å². The summed E-state index contributed by atoms with van der Waals surface area (Å²) in [6.07, 6.45) is 3.56. The van der Waals surface area contributed by atoms with E-state index >= 15 is 0 Å². The van der Waals surface area contributed by atoms with Crippen molar-refractivity contribution in [1.82, 2.24) is 10.3 Å². The van der Waals surface area contributed by atoms with Gasteiger partial charge in [0.15, 0.2) is 0 Å². The number of nitrogens with one attached hydrogen (secondary N) is 1. The third-order valence-corrected chi connectivity index (χ3v) is 2.72. The number of carboxylic acids is 1. The van der Waals surface area contributed by atoms with Crippen molar-refractivity contribution in [2.24, 2.45) is 5.41 Å². The lowest BCUT2D eigenvalue weighted by molar-refractivity contribution is -0.139. The van der Waals surface area contributed by atoms with Crippen LogP contribution in [0.15, 0.2) is 24.5 Å². The smallest absolute Gasteiger partial charge is 0.303 e. The summed E-state index contributed by atoms with van der Waals surface area (Å²) in [5, 5.41) is 12.1. The van der Waals surface area contributed by atoms with Crippen LogP contribution < -0.4 is 5.32 Å². The Morgan fingerprint density at radius 1 is 1.50 bits per heavy atom. The Kier molecular flexibility index (Phi) is 4.01. The van der Waals surface area contributed by atoms with Crippen LogP contribution in [0.5, 0.6) is 0 Å². The molecule has 1 rings (SSSR count). The monoisotopic (exact) mass is 222 g/mol. The largest absolute Gasteiger partial charge is 0.481 e. The van der Waals surface area contributed by atoms with Gasteiger partial charge in [-0.2, -0.15) is 0 Å². The van der Waals surface area contributed by atoms with Crippen LogP contribution in [0.1, 0.15) is 31.9 Å². The summed E-state index contributed by atoms with van der Waals surface area (Å²) in [5.41, 5.74) is 0.714. The quantitative estimate of drug-likeness (QED) is 0.798. The van der Waals surface area contributed by atoms with E-state index in [9.17, 15) is 4.79 Å². The summed E-state index contributed by atoms with van der Waals surface area (Å²) in [6, 6.07) is 3.82. The van der Waals surface area contributed by atoms with Gasteiger partial charge in [-0.15, -0.1) is 0 Å². The molecule has 1 aromatic rings. The highest BCUT2D eigenvalue weighted by Gasteiger charge is 2.31. The molecule has 0 saturated heterocycles. The minimum absolute atomic E-state index is 0.00611. The van der Waals surface area contributed by atoms with E-state index in [4.69, 9.17) is 5.11 Å². The summed E-state index contributed by atoms with van der Waals surface area (Å²) >= 11 is 0. The minimum atomic E-state index is -0.778. The number of hydrogen-bond donors (Lipinski definition) is 2. The van der Waals surface area contributed by atoms with Crippen molar-refractivity contribution < 1.29 is 9.90 Å². The molecule has 16 heavy (non-hydrogen) atoms. The van der Waals surface area contributed by atoms with E-state index in [1.54, 1.807) is 12.4 Å². The van der Waals surface area contributed by atoms with Crippen LogP contribution in [0, 0.1) is 5.41 Å². The first kappa shape index (κ1) is 12.6. The van der Waals surface area contributed by atoms with Gasteiger partial charge in [0.05, 0.1) is 6.42 Å². The number of aliphatic carboxylic acids is 1. The molecule has 0 fully saturated rings. The fourth-order valence-electron chi connectivity index (χ4n) is 2.06. The first-order chi connectivity index (χ1) is 7.47. The molecule has 0 spiro atoms. The second-order valence-electron chi connectivity index (χ2n) is 4.56.